The molecule has 0 heterocycles. The quantitative estimate of drug-likeness (QED) is 0.168. The summed E-state index contributed by atoms with van der Waals surface area (Å²) in [5.41, 5.74) is -2.03. The van der Waals surface area contributed by atoms with Crippen LogP contribution in [0.4, 0.5) is 36.4 Å². The SMILES string of the molecule is CN=C(NCC(=O)Nc1ccc(F)c(F)c1F)NCc1ccc(F)cc1C(F)(F)F.I. The van der Waals surface area contributed by atoms with E-state index >= 15 is 0 Å². The Kier molecular flexibility index (Phi) is 9.52. The largest absolute Gasteiger partial charge is 0.416 e. The van der Waals surface area contributed by atoms with E-state index in [1.807, 2.05) is 5.32 Å². The van der Waals surface area contributed by atoms with E-state index in [4.69, 9.17) is 0 Å². The summed E-state index contributed by atoms with van der Waals surface area (Å²) in [5.74, 6) is -6.75. The fourth-order valence-corrected chi connectivity index (χ4v) is 2.35. The smallest absolute Gasteiger partial charge is 0.352 e. The van der Waals surface area contributed by atoms with Crippen molar-refractivity contribution in [3.8, 4) is 0 Å². The van der Waals surface area contributed by atoms with E-state index in [1.165, 1.54) is 7.05 Å². The van der Waals surface area contributed by atoms with E-state index < -0.39 is 59.7 Å². The predicted molar refractivity (Wildman–Crippen MR) is 110 cm³/mol. The summed E-state index contributed by atoms with van der Waals surface area (Å²) in [4.78, 5) is 15.6. The standard InChI is InChI=1S/C18H15F7N4O.HI/c1-26-17(27-7-9-2-3-10(19)6-11(9)18(23,24)25)28-8-14(30)29-13-5-4-12(20)15(21)16(13)22;/h2-6H,7-8H2,1H3,(H,29,30)(H2,26,27,28);1H. The molecule has 0 unspecified atom stereocenters. The van der Waals surface area contributed by atoms with E-state index in [0.29, 0.717) is 12.1 Å². The van der Waals surface area contributed by atoms with Gasteiger partial charge >= 0.3 is 6.18 Å². The number of guanidine groups is 1. The minimum Gasteiger partial charge on any atom is -0.352 e. The van der Waals surface area contributed by atoms with Gasteiger partial charge in [-0.15, -0.1) is 24.0 Å². The number of carbonyl (C=O) groups excluding carboxylic acids is 1. The van der Waals surface area contributed by atoms with Gasteiger partial charge in [0.05, 0.1) is 17.8 Å². The molecular formula is C18H16F7IN4O. The van der Waals surface area contributed by atoms with Gasteiger partial charge in [-0.2, -0.15) is 13.2 Å². The number of halogens is 8. The zero-order chi connectivity index (χ0) is 22.5. The third kappa shape index (κ3) is 7.25. The third-order valence-electron chi connectivity index (χ3n) is 3.77. The highest BCUT2D eigenvalue weighted by Crippen LogP contribution is 2.32. The lowest BCUT2D eigenvalue weighted by molar-refractivity contribution is -0.138. The van der Waals surface area contributed by atoms with E-state index in [-0.39, 0.29) is 35.5 Å². The van der Waals surface area contributed by atoms with E-state index in [1.54, 1.807) is 0 Å². The fourth-order valence-electron chi connectivity index (χ4n) is 2.35. The molecular weight excluding hydrogens is 548 g/mol. The highest BCUT2D eigenvalue weighted by molar-refractivity contribution is 14.0. The summed E-state index contributed by atoms with van der Waals surface area (Å²) in [7, 11) is 1.28. The molecule has 0 spiro atoms. The van der Waals surface area contributed by atoms with Crippen molar-refractivity contribution in [2.45, 2.75) is 12.7 Å². The molecule has 31 heavy (non-hydrogen) atoms. The van der Waals surface area contributed by atoms with Gasteiger partial charge in [0, 0.05) is 13.6 Å². The number of amides is 1. The Bertz CT molecular complexity index is 967. The lowest BCUT2D eigenvalue weighted by Crippen LogP contribution is -2.41. The molecule has 2 aromatic carbocycles. The Morgan fingerprint density at radius 3 is 2.29 bits per heavy atom. The van der Waals surface area contributed by atoms with Crippen molar-refractivity contribution < 1.29 is 35.5 Å². The number of hydrogen-bond donors (Lipinski definition) is 3. The first-order valence-electron chi connectivity index (χ1n) is 8.26. The van der Waals surface area contributed by atoms with Crippen LogP contribution < -0.4 is 16.0 Å². The number of anilines is 1. The summed E-state index contributed by atoms with van der Waals surface area (Å²) in [5, 5.41) is 6.98. The molecule has 0 aliphatic heterocycles. The Hall–Kier alpha value is -2.58. The summed E-state index contributed by atoms with van der Waals surface area (Å²) in [6, 6.07) is 3.63. The molecule has 2 aromatic rings. The average Bonchev–Trinajstić information content (AvgIpc) is 2.68. The molecule has 170 valence electrons. The Morgan fingerprint density at radius 1 is 1.00 bits per heavy atom. The first-order chi connectivity index (χ1) is 14.0. The van der Waals surface area contributed by atoms with Crippen LogP contribution in [0, 0.1) is 23.3 Å². The summed E-state index contributed by atoms with van der Waals surface area (Å²) in [6.45, 7) is -0.915. The molecule has 2 rings (SSSR count). The molecule has 5 nitrogen and oxygen atoms in total. The zero-order valence-corrected chi connectivity index (χ0v) is 18.0. The van der Waals surface area contributed by atoms with Crippen LogP contribution in [-0.2, 0) is 17.5 Å². The topological polar surface area (TPSA) is 65.5 Å². The Morgan fingerprint density at radius 2 is 1.68 bits per heavy atom. The molecule has 0 bridgehead atoms. The van der Waals surface area contributed by atoms with Crippen LogP contribution in [0.1, 0.15) is 11.1 Å². The molecule has 3 N–H and O–H groups in total. The highest BCUT2D eigenvalue weighted by Gasteiger charge is 2.33. The molecule has 13 heteroatoms. The van der Waals surface area contributed by atoms with Crippen molar-refractivity contribution in [2.75, 3.05) is 18.9 Å². The predicted octanol–water partition coefficient (Wildman–Crippen LogP) is 4.18. The fraction of sp³-hybridized carbons (Fsp3) is 0.222. The van der Waals surface area contributed by atoms with Crippen LogP contribution in [-0.4, -0.2) is 25.5 Å². The van der Waals surface area contributed by atoms with Crippen molar-refractivity contribution >= 4 is 41.5 Å². The maximum absolute atomic E-state index is 13.6. The molecule has 0 radical (unpaired) electrons. The molecule has 0 saturated carbocycles. The Labute approximate surface area is 189 Å². The van der Waals surface area contributed by atoms with Gasteiger partial charge in [0.1, 0.15) is 5.82 Å². The average molecular weight is 564 g/mol. The van der Waals surface area contributed by atoms with Crippen LogP contribution in [0.25, 0.3) is 0 Å². The third-order valence-corrected chi connectivity index (χ3v) is 3.77. The van der Waals surface area contributed by atoms with Gasteiger partial charge in [0.2, 0.25) is 5.91 Å². The van der Waals surface area contributed by atoms with E-state index in [2.05, 4.69) is 15.6 Å². The van der Waals surface area contributed by atoms with Crippen LogP contribution >= 0.6 is 24.0 Å². The number of nitrogens with one attached hydrogen (secondary N) is 3. The number of alkyl halides is 3. The van der Waals surface area contributed by atoms with Crippen LogP contribution in [0.3, 0.4) is 0 Å². The van der Waals surface area contributed by atoms with Crippen molar-refractivity contribution in [3.05, 3.63) is 64.7 Å². The molecule has 0 aliphatic carbocycles. The molecule has 0 aromatic heterocycles. The molecule has 0 atom stereocenters. The van der Waals surface area contributed by atoms with E-state index in [9.17, 15) is 35.5 Å². The normalized spacial score (nSPS) is 11.5. The first-order valence-corrected chi connectivity index (χ1v) is 8.26. The van der Waals surface area contributed by atoms with Crippen LogP contribution in [0.15, 0.2) is 35.3 Å². The van der Waals surface area contributed by atoms with E-state index in [0.717, 1.165) is 18.2 Å². The number of hydrogen-bond acceptors (Lipinski definition) is 2. The van der Waals surface area contributed by atoms with Gasteiger partial charge in [-0.25, -0.2) is 17.6 Å². The van der Waals surface area contributed by atoms with Crippen molar-refractivity contribution in [3.63, 3.8) is 0 Å². The van der Waals surface area contributed by atoms with Crippen molar-refractivity contribution in [1.29, 1.82) is 0 Å². The number of nitrogens with zero attached hydrogens (tertiary/aromatic N) is 1. The summed E-state index contributed by atoms with van der Waals surface area (Å²) in [6.07, 6.45) is -4.77. The van der Waals surface area contributed by atoms with Gasteiger partial charge in [0.25, 0.3) is 0 Å². The van der Waals surface area contributed by atoms with Crippen LogP contribution in [0.2, 0.25) is 0 Å². The number of rotatable bonds is 5. The van der Waals surface area contributed by atoms with Gasteiger partial charge < -0.3 is 16.0 Å². The van der Waals surface area contributed by atoms with Crippen molar-refractivity contribution in [2.24, 2.45) is 4.99 Å². The van der Waals surface area contributed by atoms with Gasteiger partial charge in [-0.05, 0) is 29.8 Å². The van der Waals surface area contributed by atoms with Gasteiger partial charge in [0.15, 0.2) is 23.4 Å². The van der Waals surface area contributed by atoms with Gasteiger partial charge in [-0.1, -0.05) is 6.07 Å². The summed E-state index contributed by atoms with van der Waals surface area (Å²) >= 11 is 0. The minimum absolute atomic E-state index is 0. The number of benzene rings is 2. The lowest BCUT2D eigenvalue weighted by atomic mass is 10.1. The summed E-state index contributed by atoms with van der Waals surface area (Å²) < 4.78 is 91.8. The van der Waals surface area contributed by atoms with Crippen molar-refractivity contribution in [1.82, 2.24) is 10.6 Å². The second-order valence-electron chi connectivity index (χ2n) is 5.85. The van der Waals surface area contributed by atoms with Gasteiger partial charge in [-0.3, -0.25) is 9.79 Å². The Balaban J connectivity index is 0.00000480. The zero-order valence-electron chi connectivity index (χ0n) is 15.7. The molecule has 1 amide bonds. The molecule has 0 aliphatic rings. The minimum atomic E-state index is -4.77. The monoisotopic (exact) mass is 564 g/mol. The number of aliphatic imine (C=N–C) groups is 1. The second-order valence-corrected chi connectivity index (χ2v) is 5.85. The number of carbonyl (C=O) groups is 1. The first kappa shape index (κ1) is 26.5. The maximum Gasteiger partial charge on any atom is 0.416 e. The highest BCUT2D eigenvalue weighted by atomic mass is 127. The van der Waals surface area contributed by atoms with Crippen LogP contribution in [0.5, 0.6) is 0 Å². The second kappa shape index (κ2) is 11.2. The maximum atomic E-state index is 13.6. The molecule has 0 fully saturated rings. The lowest BCUT2D eigenvalue weighted by Gasteiger charge is -2.16. The molecule has 0 saturated heterocycles.